The van der Waals surface area contributed by atoms with Gasteiger partial charge in [0.25, 0.3) is 5.91 Å². The summed E-state index contributed by atoms with van der Waals surface area (Å²) in [4.78, 5) is 26.3. The molecule has 0 radical (unpaired) electrons. The maximum Gasteiger partial charge on any atom is 0.281 e. The molecule has 0 spiro atoms. The number of nitrogens with zero attached hydrogens (tertiary/aromatic N) is 4. The molecular formula is C24H22N4O2S. The van der Waals surface area contributed by atoms with Crippen LogP contribution in [0.1, 0.15) is 42.3 Å². The van der Waals surface area contributed by atoms with Crippen molar-refractivity contribution in [2.24, 2.45) is 9.98 Å². The van der Waals surface area contributed by atoms with Gasteiger partial charge in [-0.2, -0.15) is 4.99 Å². The molecule has 0 aliphatic carbocycles. The van der Waals surface area contributed by atoms with Crippen molar-refractivity contribution in [3.8, 4) is 0 Å². The molecule has 1 aromatic heterocycles. The number of aliphatic imine (C=N–C) groups is 2. The van der Waals surface area contributed by atoms with E-state index in [4.69, 9.17) is 0 Å². The van der Waals surface area contributed by atoms with Crippen LogP contribution in [0.15, 0.2) is 93.8 Å². The molecule has 156 valence electrons. The van der Waals surface area contributed by atoms with Crippen molar-refractivity contribution in [2.75, 3.05) is 0 Å². The third-order valence-electron chi connectivity index (χ3n) is 4.82. The molecule has 0 saturated carbocycles. The van der Waals surface area contributed by atoms with Crippen molar-refractivity contribution in [1.29, 1.82) is 0 Å². The number of pyridine rings is 1. The van der Waals surface area contributed by atoms with Crippen LogP contribution in [-0.2, 0) is 5.41 Å². The summed E-state index contributed by atoms with van der Waals surface area (Å²) in [5.41, 5.74) is 4.26. The molecule has 3 heterocycles. The van der Waals surface area contributed by atoms with Gasteiger partial charge in [0, 0.05) is 35.3 Å². The molecule has 6 nitrogen and oxygen atoms in total. The minimum atomic E-state index is -0.385. The van der Waals surface area contributed by atoms with E-state index in [1.807, 2.05) is 12.1 Å². The molecule has 1 N–H and O–H groups in total. The van der Waals surface area contributed by atoms with Gasteiger partial charge >= 0.3 is 0 Å². The molecule has 7 heteroatoms. The molecule has 2 aromatic rings. The number of carbonyl (C=O) groups is 1. The number of hydrogen-bond acceptors (Lipinski definition) is 5. The minimum absolute atomic E-state index is 0.0498. The van der Waals surface area contributed by atoms with Crippen LogP contribution in [0.3, 0.4) is 0 Å². The van der Waals surface area contributed by atoms with Gasteiger partial charge < -0.3 is 0 Å². The zero-order chi connectivity index (χ0) is 22.0. The van der Waals surface area contributed by atoms with Gasteiger partial charge in [0.15, 0.2) is 5.17 Å². The predicted molar refractivity (Wildman–Crippen MR) is 124 cm³/mol. The molecule has 4 rings (SSSR count). The zero-order valence-electron chi connectivity index (χ0n) is 17.5. The Kier molecular flexibility index (Phi) is 5.71. The van der Waals surface area contributed by atoms with Crippen molar-refractivity contribution < 1.29 is 10.0 Å². The number of hydroxylamine groups is 2. The van der Waals surface area contributed by atoms with Gasteiger partial charge in [-0.15, -0.1) is 0 Å². The first-order chi connectivity index (χ1) is 14.8. The fourth-order valence-corrected chi connectivity index (χ4v) is 4.05. The van der Waals surface area contributed by atoms with Crippen LogP contribution in [0.2, 0.25) is 0 Å². The lowest BCUT2D eigenvalue weighted by molar-refractivity contribution is 0.0105. The van der Waals surface area contributed by atoms with Crippen molar-refractivity contribution >= 4 is 28.5 Å². The average Bonchev–Trinajstić information content (AvgIpc) is 3.18. The Labute approximate surface area is 185 Å². The van der Waals surface area contributed by atoms with Crippen molar-refractivity contribution in [2.45, 2.75) is 26.2 Å². The SMILES string of the molecule is CC(C)(C)c1ccc(C2=NC(=NC(=O)c3cccnc3)SC2=C2C=CN(O)C=C2)cc1. The Balaban J connectivity index is 1.74. The number of carbonyl (C=O) groups excluding carboxylic acids is 1. The lowest BCUT2D eigenvalue weighted by Gasteiger charge is -2.19. The highest BCUT2D eigenvalue weighted by Gasteiger charge is 2.26. The first-order valence-corrected chi connectivity index (χ1v) is 10.6. The number of hydrogen-bond donors (Lipinski definition) is 1. The number of benzene rings is 1. The van der Waals surface area contributed by atoms with E-state index in [-0.39, 0.29) is 11.3 Å². The maximum absolute atomic E-state index is 12.5. The quantitative estimate of drug-likeness (QED) is 0.717. The first kappa shape index (κ1) is 21.0. The predicted octanol–water partition coefficient (Wildman–Crippen LogP) is 5.10. The van der Waals surface area contributed by atoms with Gasteiger partial charge in [-0.05, 0) is 52.6 Å². The van der Waals surface area contributed by atoms with E-state index in [2.05, 4.69) is 47.9 Å². The monoisotopic (exact) mass is 430 g/mol. The fraction of sp³-hybridized carbons (Fsp3) is 0.167. The van der Waals surface area contributed by atoms with E-state index in [0.29, 0.717) is 10.7 Å². The second-order valence-corrected chi connectivity index (χ2v) is 9.10. The van der Waals surface area contributed by atoms with E-state index in [1.54, 1.807) is 42.9 Å². The Morgan fingerprint density at radius 3 is 2.42 bits per heavy atom. The minimum Gasteiger partial charge on any atom is -0.285 e. The third kappa shape index (κ3) is 4.73. The zero-order valence-corrected chi connectivity index (χ0v) is 18.3. The van der Waals surface area contributed by atoms with Crippen LogP contribution in [-0.4, -0.2) is 32.0 Å². The summed E-state index contributed by atoms with van der Waals surface area (Å²) in [6, 6.07) is 11.7. The molecule has 0 fully saturated rings. The van der Waals surface area contributed by atoms with Gasteiger partial charge in [-0.25, -0.2) is 10.1 Å². The number of allylic oxidation sites excluding steroid dienone is 4. The van der Waals surface area contributed by atoms with Crippen molar-refractivity contribution in [3.05, 3.63) is 101 Å². The summed E-state index contributed by atoms with van der Waals surface area (Å²) < 4.78 is 0. The number of amidine groups is 1. The summed E-state index contributed by atoms with van der Waals surface area (Å²) in [6.07, 6.45) is 9.81. The van der Waals surface area contributed by atoms with E-state index in [0.717, 1.165) is 26.8 Å². The van der Waals surface area contributed by atoms with Crippen LogP contribution < -0.4 is 0 Å². The third-order valence-corrected chi connectivity index (χ3v) is 5.82. The standard InChI is InChI=1S/C24H22N4O2S/c1-24(2,3)19-8-6-16(7-9-19)20-21(17-10-13-28(30)14-11-17)31-23(26-20)27-22(29)18-5-4-12-25-15-18/h4-15,30H,1-3H3. The topological polar surface area (TPSA) is 78.2 Å². The second kappa shape index (κ2) is 8.45. The first-order valence-electron chi connectivity index (χ1n) is 9.80. The fourth-order valence-electron chi connectivity index (χ4n) is 3.09. The highest BCUT2D eigenvalue weighted by molar-refractivity contribution is 8.18. The Morgan fingerprint density at radius 1 is 1.10 bits per heavy atom. The number of aromatic nitrogens is 1. The van der Waals surface area contributed by atoms with Gasteiger partial charge in [0.1, 0.15) is 0 Å². The normalized spacial score (nSPS) is 17.5. The maximum atomic E-state index is 12.5. The Bertz CT molecular complexity index is 1140. The second-order valence-electron chi connectivity index (χ2n) is 8.13. The van der Waals surface area contributed by atoms with Crippen molar-refractivity contribution in [3.63, 3.8) is 0 Å². The molecule has 2 aliphatic rings. The molecule has 0 saturated heterocycles. The molecule has 0 atom stereocenters. The van der Waals surface area contributed by atoms with Crippen LogP contribution >= 0.6 is 11.8 Å². The van der Waals surface area contributed by atoms with Crippen LogP contribution in [0.5, 0.6) is 0 Å². The van der Waals surface area contributed by atoms with E-state index >= 15 is 0 Å². The molecule has 1 amide bonds. The lowest BCUT2D eigenvalue weighted by atomic mass is 9.86. The summed E-state index contributed by atoms with van der Waals surface area (Å²) >= 11 is 1.34. The summed E-state index contributed by atoms with van der Waals surface area (Å²) in [5, 5.41) is 10.9. The van der Waals surface area contributed by atoms with Gasteiger partial charge in [0.2, 0.25) is 0 Å². The number of thioether (sulfide) groups is 1. The molecule has 1 aromatic carbocycles. The average molecular weight is 431 g/mol. The molecule has 0 unspecified atom stereocenters. The largest absolute Gasteiger partial charge is 0.285 e. The Morgan fingerprint density at radius 2 is 1.81 bits per heavy atom. The summed E-state index contributed by atoms with van der Waals surface area (Å²) in [7, 11) is 0. The highest BCUT2D eigenvalue weighted by atomic mass is 32.2. The summed E-state index contributed by atoms with van der Waals surface area (Å²) in [5.74, 6) is -0.385. The van der Waals surface area contributed by atoms with Gasteiger partial charge in [-0.3, -0.25) is 15.0 Å². The van der Waals surface area contributed by atoms with E-state index < -0.39 is 0 Å². The van der Waals surface area contributed by atoms with Gasteiger partial charge in [-0.1, -0.05) is 45.0 Å². The molecule has 31 heavy (non-hydrogen) atoms. The van der Waals surface area contributed by atoms with Gasteiger partial charge in [0.05, 0.1) is 11.3 Å². The van der Waals surface area contributed by atoms with Crippen LogP contribution in [0.4, 0.5) is 0 Å². The van der Waals surface area contributed by atoms with Crippen molar-refractivity contribution in [1.82, 2.24) is 10.0 Å². The van der Waals surface area contributed by atoms with Crippen LogP contribution in [0, 0.1) is 0 Å². The highest BCUT2D eigenvalue weighted by Crippen LogP contribution is 2.35. The Hall–Kier alpha value is -3.29. The smallest absolute Gasteiger partial charge is 0.281 e. The lowest BCUT2D eigenvalue weighted by Crippen LogP contribution is -2.11. The number of amides is 1. The van der Waals surface area contributed by atoms with E-state index in [9.17, 15) is 10.0 Å². The van der Waals surface area contributed by atoms with Crippen LogP contribution in [0.25, 0.3) is 0 Å². The van der Waals surface area contributed by atoms with E-state index in [1.165, 1.54) is 23.5 Å². The number of rotatable bonds is 2. The molecule has 0 bridgehead atoms. The summed E-state index contributed by atoms with van der Waals surface area (Å²) in [6.45, 7) is 6.52. The molecular weight excluding hydrogens is 408 g/mol. The molecule has 2 aliphatic heterocycles.